The Balaban J connectivity index is 2.08. The van der Waals surface area contributed by atoms with Gasteiger partial charge in [0.15, 0.2) is 0 Å². The average Bonchev–Trinajstić information content (AvgIpc) is 2.44. The van der Waals surface area contributed by atoms with Gasteiger partial charge in [-0.2, -0.15) is 0 Å². The van der Waals surface area contributed by atoms with Crippen LogP contribution in [-0.2, 0) is 16.8 Å². The van der Waals surface area contributed by atoms with E-state index in [4.69, 9.17) is 5.11 Å². The second-order valence-corrected chi connectivity index (χ2v) is 6.71. The molecule has 2 aromatic heterocycles. The first kappa shape index (κ1) is 17.3. The van der Waals surface area contributed by atoms with Crippen molar-refractivity contribution in [1.82, 2.24) is 15.3 Å². The second kappa shape index (κ2) is 7.02. The van der Waals surface area contributed by atoms with E-state index < -0.39 is 12.1 Å². The van der Waals surface area contributed by atoms with Crippen LogP contribution >= 0.6 is 0 Å². The molecule has 0 aliphatic rings. The first-order valence-electron chi connectivity index (χ1n) is 7.62. The number of rotatable bonds is 6. The molecule has 0 bridgehead atoms. The van der Waals surface area contributed by atoms with Gasteiger partial charge in [-0.3, -0.25) is 14.8 Å². The van der Waals surface area contributed by atoms with Crippen LogP contribution in [0.25, 0.3) is 10.9 Å². The van der Waals surface area contributed by atoms with Gasteiger partial charge < -0.3 is 15.5 Å². The fourth-order valence-electron chi connectivity index (χ4n) is 2.41. The van der Waals surface area contributed by atoms with Crippen molar-refractivity contribution in [2.45, 2.75) is 45.3 Å². The molecule has 0 aliphatic carbocycles. The molecular formula is C17H23N3O3. The lowest BCUT2D eigenvalue weighted by atomic mass is 9.90. The highest BCUT2D eigenvalue weighted by Gasteiger charge is 2.19. The van der Waals surface area contributed by atoms with Crippen LogP contribution in [0.3, 0.4) is 0 Å². The maximum absolute atomic E-state index is 10.5. The number of carboxylic acids is 1. The van der Waals surface area contributed by atoms with Crippen LogP contribution in [-0.4, -0.2) is 38.8 Å². The molecule has 0 spiro atoms. The Kier molecular flexibility index (Phi) is 5.28. The molecule has 0 amide bonds. The van der Waals surface area contributed by atoms with Gasteiger partial charge in [-0.1, -0.05) is 20.8 Å². The van der Waals surface area contributed by atoms with Crippen LogP contribution in [0.2, 0.25) is 0 Å². The monoisotopic (exact) mass is 317 g/mol. The Labute approximate surface area is 135 Å². The minimum Gasteiger partial charge on any atom is -0.481 e. The molecule has 2 aromatic rings. The zero-order valence-corrected chi connectivity index (χ0v) is 13.7. The molecule has 0 aromatic carbocycles. The molecule has 2 rings (SSSR count). The maximum atomic E-state index is 10.5. The molecule has 0 radical (unpaired) electrons. The number of aliphatic carboxylic acids is 1. The summed E-state index contributed by atoms with van der Waals surface area (Å²) in [6, 6.07) is 3.97. The molecule has 6 nitrogen and oxygen atoms in total. The fourth-order valence-corrected chi connectivity index (χ4v) is 2.41. The zero-order valence-electron chi connectivity index (χ0n) is 13.7. The molecule has 23 heavy (non-hydrogen) atoms. The normalized spacial score (nSPS) is 13.2. The summed E-state index contributed by atoms with van der Waals surface area (Å²) >= 11 is 0. The van der Waals surface area contributed by atoms with Crippen molar-refractivity contribution in [3.8, 4) is 0 Å². The zero-order chi connectivity index (χ0) is 17.0. The summed E-state index contributed by atoms with van der Waals surface area (Å²) in [7, 11) is 0. The SMILES string of the molecule is CC(C)(C)c1nccc2cc(CNC[C@@H](O)CC(=O)O)cnc12. The van der Waals surface area contributed by atoms with Crippen molar-refractivity contribution < 1.29 is 15.0 Å². The van der Waals surface area contributed by atoms with E-state index in [9.17, 15) is 9.90 Å². The van der Waals surface area contributed by atoms with Crippen LogP contribution in [0.4, 0.5) is 0 Å². The molecule has 6 heteroatoms. The maximum Gasteiger partial charge on any atom is 0.306 e. The van der Waals surface area contributed by atoms with E-state index in [0.29, 0.717) is 6.54 Å². The summed E-state index contributed by atoms with van der Waals surface area (Å²) in [5, 5.41) is 22.2. The summed E-state index contributed by atoms with van der Waals surface area (Å²) in [5.74, 6) is -1.01. The molecule has 3 N–H and O–H groups in total. The number of aliphatic hydroxyl groups is 1. The third kappa shape index (κ3) is 4.71. The van der Waals surface area contributed by atoms with Crippen molar-refractivity contribution in [3.05, 3.63) is 35.8 Å². The average molecular weight is 317 g/mol. The molecule has 124 valence electrons. The van der Waals surface area contributed by atoms with Crippen molar-refractivity contribution in [2.75, 3.05) is 6.54 Å². The molecule has 0 aliphatic heterocycles. The summed E-state index contributed by atoms with van der Waals surface area (Å²) < 4.78 is 0. The van der Waals surface area contributed by atoms with Crippen molar-refractivity contribution in [1.29, 1.82) is 0 Å². The quantitative estimate of drug-likeness (QED) is 0.752. The van der Waals surface area contributed by atoms with Gasteiger partial charge in [-0.25, -0.2) is 0 Å². The molecule has 0 unspecified atom stereocenters. The number of aromatic nitrogens is 2. The largest absolute Gasteiger partial charge is 0.481 e. The van der Waals surface area contributed by atoms with E-state index >= 15 is 0 Å². The lowest BCUT2D eigenvalue weighted by Crippen LogP contribution is -2.28. The van der Waals surface area contributed by atoms with Gasteiger partial charge in [-0.15, -0.1) is 0 Å². The van der Waals surface area contributed by atoms with Crippen LogP contribution < -0.4 is 5.32 Å². The minimum atomic E-state index is -1.01. The number of hydrogen-bond acceptors (Lipinski definition) is 5. The number of aliphatic hydroxyl groups excluding tert-OH is 1. The second-order valence-electron chi connectivity index (χ2n) is 6.71. The van der Waals surface area contributed by atoms with Crippen molar-refractivity contribution >= 4 is 16.9 Å². The highest BCUT2D eigenvalue weighted by Crippen LogP contribution is 2.26. The molecule has 1 atom stereocenters. The topological polar surface area (TPSA) is 95.3 Å². The Hall–Kier alpha value is -2.05. The summed E-state index contributed by atoms with van der Waals surface area (Å²) in [6.07, 6.45) is 2.43. The van der Waals surface area contributed by atoms with Gasteiger partial charge in [0.1, 0.15) is 0 Å². The van der Waals surface area contributed by atoms with Gasteiger partial charge in [0.05, 0.1) is 23.7 Å². The van der Waals surface area contributed by atoms with Gasteiger partial charge in [0.2, 0.25) is 0 Å². The van der Waals surface area contributed by atoms with Crippen LogP contribution in [0, 0.1) is 0 Å². The predicted octanol–water partition coefficient (Wildman–Crippen LogP) is 1.85. The first-order valence-corrected chi connectivity index (χ1v) is 7.62. The smallest absolute Gasteiger partial charge is 0.306 e. The number of carbonyl (C=O) groups is 1. The van der Waals surface area contributed by atoms with Crippen molar-refractivity contribution in [3.63, 3.8) is 0 Å². The third-order valence-electron chi connectivity index (χ3n) is 3.49. The van der Waals surface area contributed by atoms with E-state index in [1.54, 1.807) is 12.4 Å². The van der Waals surface area contributed by atoms with E-state index in [1.807, 2.05) is 12.1 Å². The summed E-state index contributed by atoms with van der Waals surface area (Å²) in [5.41, 5.74) is 2.76. The lowest BCUT2D eigenvalue weighted by molar-refractivity contribution is -0.139. The highest BCUT2D eigenvalue weighted by molar-refractivity contribution is 5.81. The summed E-state index contributed by atoms with van der Waals surface area (Å²) in [4.78, 5) is 19.5. The van der Waals surface area contributed by atoms with E-state index in [2.05, 4.69) is 36.1 Å². The molecule has 0 saturated heterocycles. The highest BCUT2D eigenvalue weighted by atomic mass is 16.4. The standard InChI is InChI=1S/C17H23N3O3/c1-17(2,3)16-15-12(4-5-19-16)6-11(9-20-15)8-18-10-13(21)7-14(22)23/h4-6,9,13,18,21H,7-8,10H2,1-3H3,(H,22,23)/t13-/m0/s1. The molecule has 0 fully saturated rings. The van der Waals surface area contributed by atoms with Gasteiger partial charge in [0.25, 0.3) is 0 Å². The number of pyridine rings is 2. The minimum absolute atomic E-state index is 0.0762. The third-order valence-corrected chi connectivity index (χ3v) is 3.49. The Morgan fingerprint density at radius 2 is 2.09 bits per heavy atom. The van der Waals surface area contributed by atoms with E-state index in [-0.39, 0.29) is 18.4 Å². The van der Waals surface area contributed by atoms with E-state index in [1.165, 1.54) is 0 Å². The van der Waals surface area contributed by atoms with Crippen molar-refractivity contribution in [2.24, 2.45) is 0 Å². The molecule has 2 heterocycles. The number of hydrogen-bond donors (Lipinski definition) is 3. The van der Waals surface area contributed by atoms with Gasteiger partial charge >= 0.3 is 5.97 Å². The Bertz CT molecular complexity index is 695. The Morgan fingerprint density at radius 1 is 1.35 bits per heavy atom. The van der Waals surface area contributed by atoms with E-state index in [0.717, 1.165) is 22.2 Å². The van der Waals surface area contributed by atoms with Crippen LogP contribution in [0.5, 0.6) is 0 Å². The number of nitrogens with zero attached hydrogens (tertiary/aromatic N) is 2. The summed E-state index contributed by atoms with van der Waals surface area (Å²) in [6.45, 7) is 7.07. The van der Waals surface area contributed by atoms with Crippen LogP contribution in [0.1, 0.15) is 38.4 Å². The fraction of sp³-hybridized carbons (Fsp3) is 0.471. The van der Waals surface area contributed by atoms with Gasteiger partial charge in [-0.05, 0) is 17.7 Å². The van der Waals surface area contributed by atoms with Gasteiger partial charge in [0, 0.05) is 36.3 Å². The Morgan fingerprint density at radius 3 is 2.74 bits per heavy atom. The molecular weight excluding hydrogens is 294 g/mol. The number of nitrogens with one attached hydrogen (secondary N) is 1. The van der Waals surface area contributed by atoms with Crippen LogP contribution in [0.15, 0.2) is 24.5 Å². The number of fused-ring (bicyclic) bond motifs is 1. The molecule has 0 saturated carbocycles. The lowest BCUT2D eigenvalue weighted by Gasteiger charge is -2.19. The number of carboxylic acid groups (broad SMARTS) is 1. The first-order chi connectivity index (χ1) is 10.8. The predicted molar refractivity (Wildman–Crippen MR) is 88.2 cm³/mol.